The molecule has 0 radical (unpaired) electrons. The molecule has 0 aliphatic rings. The number of aliphatic carboxylic acids is 2. The second-order valence-corrected chi connectivity index (χ2v) is 3.38. The Morgan fingerprint density at radius 2 is 1.56 bits per heavy atom. The van der Waals surface area contributed by atoms with Gasteiger partial charge < -0.3 is 15.9 Å². The number of rotatable bonds is 3. The summed E-state index contributed by atoms with van der Waals surface area (Å²) in [5.74, 6) is -3.31. The lowest BCUT2D eigenvalue weighted by molar-refractivity contribution is -0.192. The topological polar surface area (TPSA) is 101 Å². The molecule has 0 aliphatic heterocycles. The van der Waals surface area contributed by atoms with E-state index in [9.17, 15) is 18.0 Å². The summed E-state index contributed by atoms with van der Waals surface area (Å²) in [6.45, 7) is 3.89. The van der Waals surface area contributed by atoms with E-state index in [2.05, 4.69) is 0 Å². The van der Waals surface area contributed by atoms with Gasteiger partial charge in [-0.05, 0) is 12.3 Å². The van der Waals surface area contributed by atoms with Gasteiger partial charge in [-0.2, -0.15) is 13.2 Å². The highest BCUT2D eigenvalue weighted by Crippen LogP contribution is 2.13. The fourth-order valence-corrected chi connectivity index (χ4v) is 0.609. The Kier molecular flexibility index (Phi) is 7.53. The van der Waals surface area contributed by atoms with Gasteiger partial charge >= 0.3 is 18.1 Å². The van der Waals surface area contributed by atoms with Gasteiger partial charge in [0.05, 0.1) is 0 Å². The Hall–Kier alpha value is -1.31. The van der Waals surface area contributed by atoms with E-state index in [1.807, 2.05) is 13.8 Å². The van der Waals surface area contributed by atoms with Crippen molar-refractivity contribution in [2.75, 3.05) is 0 Å². The molecule has 1 atom stereocenters. The summed E-state index contributed by atoms with van der Waals surface area (Å²) in [6, 6.07) is -0.690. The molecule has 0 aromatic heterocycles. The largest absolute Gasteiger partial charge is 0.490 e. The van der Waals surface area contributed by atoms with Crippen LogP contribution in [0.5, 0.6) is 0 Å². The van der Waals surface area contributed by atoms with E-state index in [0.717, 1.165) is 0 Å². The van der Waals surface area contributed by atoms with E-state index < -0.39 is 24.2 Å². The van der Waals surface area contributed by atoms with Crippen molar-refractivity contribution in [3.05, 3.63) is 0 Å². The van der Waals surface area contributed by atoms with Crippen molar-refractivity contribution < 1.29 is 33.0 Å². The highest BCUT2D eigenvalue weighted by Gasteiger charge is 2.38. The molecule has 4 N–H and O–H groups in total. The number of hydrogen-bond donors (Lipinski definition) is 3. The van der Waals surface area contributed by atoms with E-state index in [4.69, 9.17) is 20.7 Å². The fourth-order valence-electron chi connectivity index (χ4n) is 0.609. The Balaban J connectivity index is 0. The van der Waals surface area contributed by atoms with Crippen molar-refractivity contribution in [3.63, 3.8) is 0 Å². The summed E-state index contributed by atoms with van der Waals surface area (Å²) >= 11 is 0. The van der Waals surface area contributed by atoms with E-state index in [1.165, 1.54) is 0 Å². The molecule has 0 saturated carbocycles. The second-order valence-electron chi connectivity index (χ2n) is 3.38. The minimum atomic E-state index is -5.08. The first-order chi connectivity index (χ1) is 6.98. The molecule has 0 saturated heterocycles. The van der Waals surface area contributed by atoms with E-state index >= 15 is 0 Å². The maximum Gasteiger partial charge on any atom is 0.490 e. The van der Waals surface area contributed by atoms with Crippen LogP contribution in [0.4, 0.5) is 13.2 Å². The van der Waals surface area contributed by atoms with Gasteiger partial charge in [-0.25, -0.2) is 4.79 Å². The molecular formula is C8H14F3NO4. The summed E-state index contributed by atoms with van der Waals surface area (Å²) in [7, 11) is 0. The molecular weight excluding hydrogens is 231 g/mol. The van der Waals surface area contributed by atoms with Gasteiger partial charge in [-0.1, -0.05) is 13.8 Å². The summed E-state index contributed by atoms with van der Waals surface area (Å²) in [5.41, 5.74) is 5.22. The van der Waals surface area contributed by atoms with Gasteiger partial charge in [0.25, 0.3) is 0 Å². The zero-order valence-electron chi connectivity index (χ0n) is 8.78. The first kappa shape index (κ1) is 17.1. The molecule has 0 rings (SSSR count). The lowest BCUT2D eigenvalue weighted by Crippen LogP contribution is -2.31. The van der Waals surface area contributed by atoms with Crippen LogP contribution in [0.2, 0.25) is 0 Å². The number of carboxylic acids is 2. The smallest absolute Gasteiger partial charge is 0.480 e. The van der Waals surface area contributed by atoms with Gasteiger partial charge in [0.15, 0.2) is 0 Å². The molecule has 0 unspecified atom stereocenters. The number of nitrogens with two attached hydrogens (primary N) is 1. The Morgan fingerprint density at radius 3 is 1.62 bits per heavy atom. The third-order valence-corrected chi connectivity index (χ3v) is 1.29. The van der Waals surface area contributed by atoms with Crippen LogP contribution >= 0.6 is 0 Å². The van der Waals surface area contributed by atoms with Crippen LogP contribution in [0.1, 0.15) is 20.3 Å². The average molecular weight is 245 g/mol. The summed E-state index contributed by atoms with van der Waals surface area (Å²) in [6.07, 6.45) is -4.53. The quantitative estimate of drug-likeness (QED) is 0.690. The number of carboxylic acid groups (broad SMARTS) is 2. The number of hydrogen-bond acceptors (Lipinski definition) is 3. The summed E-state index contributed by atoms with van der Waals surface area (Å²) in [4.78, 5) is 19.0. The van der Waals surface area contributed by atoms with Gasteiger partial charge in [0.2, 0.25) is 0 Å². The molecule has 0 spiro atoms. The second kappa shape index (κ2) is 7.04. The van der Waals surface area contributed by atoms with Crippen molar-refractivity contribution in [1.82, 2.24) is 0 Å². The van der Waals surface area contributed by atoms with Crippen LogP contribution in [-0.2, 0) is 9.59 Å². The molecule has 0 aromatic rings. The predicted molar refractivity (Wildman–Crippen MR) is 48.8 cm³/mol. The third kappa shape index (κ3) is 10.8. The van der Waals surface area contributed by atoms with Crippen molar-refractivity contribution in [2.45, 2.75) is 32.5 Å². The minimum Gasteiger partial charge on any atom is -0.480 e. The Labute approximate surface area is 90.0 Å². The SMILES string of the molecule is CC(C)C[C@H](N)C(=O)O.O=C(O)C(F)(F)F. The van der Waals surface area contributed by atoms with Crippen LogP contribution in [-0.4, -0.2) is 34.4 Å². The highest BCUT2D eigenvalue weighted by atomic mass is 19.4. The molecule has 5 nitrogen and oxygen atoms in total. The van der Waals surface area contributed by atoms with E-state index in [-0.39, 0.29) is 0 Å². The lowest BCUT2D eigenvalue weighted by Gasteiger charge is -2.07. The molecule has 0 amide bonds. The first-order valence-electron chi connectivity index (χ1n) is 4.27. The molecule has 0 aromatic carbocycles. The Morgan fingerprint density at radius 1 is 1.25 bits per heavy atom. The zero-order chi connectivity index (χ0) is 13.5. The van der Waals surface area contributed by atoms with Crippen LogP contribution in [0.15, 0.2) is 0 Å². The van der Waals surface area contributed by atoms with Gasteiger partial charge in [-0.15, -0.1) is 0 Å². The van der Waals surface area contributed by atoms with Gasteiger partial charge in [0.1, 0.15) is 6.04 Å². The normalized spacial score (nSPS) is 12.7. The van der Waals surface area contributed by atoms with Crippen molar-refractivity contribution in [3.8, 4) is 0 Å². The van der Waals surface area contributed by atoms with E-state index in [1.54, 1.807) is 0 Å². The third-order valence-electron chi connectivity index (χ3n) is 1.29. The molecule has 0 aliphatic carbocycles. The molecule has 16 heavy (non-hydrogen) atoms. The van der Waals surface area contributed by atoms with Crippen molar-refractivity contribution in [2.24, 2.45) is 11.7 Å². The Bertz CT molecular complexity index is 240. The molecule has 8 heteroatoms. The number of halogens is 3. The van der Waals surface area contributed by atoms with Gasteiger partial charge in [0, 0.05) is 0 Å². The van der Waals surface area contributed by atoms with E-state index in [0.29, 0.717) is 12.3 Å². The number of alkyl halides is 3. The average Bonchev–Trinajstić information content (AvgIpc) is 2.01. The summed E-state index contributed by atoms with van der Waals surface area (Å²) in [5, 5.41) is 15.4. The van der Waals surface area contributed by atoms with Crippen LogP contribution < -0.4 is 5.73 Å². The monoisotopic (exact) mass is 245 g/mol. The molecule has 0 fully saturated rings. The zero-order valence-corrected chi connectivity index (χ0v) is 8.78. The molecule has 0 heterocycles. The van der Waals surface area contributed by atoms with Crippen molar-refractivity contribution in [1.29, 1.82) is 0 Å². The molecule has 96 valence electrons. The van der Waals surface area contributed by atoms with Crippen molar-refractivity contribution >= 4 is 11.9 Å². The maximum absolute atomic E-state index is 10.6. The van der Waals surface area contributed by atoms with Gasteiger partial charge in [-0.3, -0.25) is 4.79 Å². The number of carbonyl (C=O) groups is 2. The standard InChI is InChI=1S/C6H13NO2.C2HF3O2/c1-4(2)3-5(7)6(8)9;3-2(4,5)1(6)7/h4-5H,3,7H2,1-2H3,(H,8,9);(H,6,7)/t5-;/m0./s1. The summed E-state index contributed by atoms with van der Waals surface area (Å²) < 4.78 is 31.7. The maximum atomic E-state index is 10.6. The molecule has 0 bridgehead atoms. The minimum absolute atomic E-state index is 0.357. The first-order valence-corrected chi connectivity index (χ1v) is 4.27. The van der Waals surface area contributed by atoms with Crippen LogP contribution in [0, 0.1) is 5.92 Å². The highest BCUT2D eigenvalue weighted by molar-refractivity contribution is 5.73. The fraction of sp³-hybridized carbons (Fsp3) is 0.750. The lowest BCUT2D eigenvalue weighted by atomic mass is 10.1. The van der Waals surface area contributed by atoms with Crippen LogP contribution in [0.3, 0.4) is 0 Å². The van der Waals surface area contributed by atoms with Crippen LogP contribution in [0.25, 0.3) is 0 Å². The predicted octanol–water partition coefficient (Wildman–Crippen LogP) is 1.08.